The Balaban J connectivity index is 0.000000247. The highest BCUT2D eigenvalue weighted by Crippen LogP contribution is 2.38. The van der Waals surface area contributed by atoms with Crippen LogP contribution in [0.1, 0.15) is 70.8 Å². The van der Waals surface area contributed by atoms with Crippen molar-refractivity contribution >= 4 is 24.2 Å². The van der Waals surface area contributed by atoms with E-state index in [4.69, 9.17) is 10.8 Å². The van der Waals surface area contributed by atoms with Crippen molar-refractivity contribution in [2.24, 2.45) is 15.9 Å². The van der Waals surface area contributed by atoms with Crippen molar-refractivity contribution in [3.05, 3.63) is 102 Å². The van der Waals surface area contributed by atoms with Crippen molar-refractivity contribution in [3.63, 3.8) is 0 Å². The van der Waals surface area contributed by atoms with E-state index in [0.717, 1.165) is 23.2 Å². The molecule has 0 spiro atoms. The first-order valence-corrected chi connectivity index (χ1v) is 13.1. The lowest BCUT2D eigenvalue weighted by atomic mass is 9.84. The van der Waals surface area contributed by atoms with Crippen molar-refractivity contribution in [2.75, 3.05) is 0 Å². The van der Waals surface area contributed by atoms with Gasteiger partial charge in [-0.1, -0.05) is 67.3 Å². The minimum absolute atomic E-state index is 0.283. The van der Waals surface area contributed by atoms with Gasteiger partial charge in [-0.2, -0.15) is 10.2 Å². The molecule has 1 fully saturated rings. The van der Waals surface area contributed by atoms with Gasteiger partial charge in [-0.25, -0.2) is 14.3 Å². The normalized spacial score (nSPS) is 13.9. The molecule has 0 amide bonds. The summed E-state index contributed by atoms with van der Waals surface area (Å²) >= 11 is 0. The van der Waals surface area contributed by atoms with Crippen molar-refractivity contribution in [1.29, 1.82) is 0 Å². The summed E-state index contributed by atoms with van der Waals surface area (Å²) < 4.78 is 1.95. The Hall–Kier alpha value is -4.59. The number of carboxylic acids is 1. The predicted octanol–water partition coefficient (Wildman–Crippen LogP) is 6.19. The summed E-state index contributed by atoms with van der Waals surface area (Å²) in [7, 11) is 0. The molecule has 2 aromatic heterocycles. The Bertz CT molecular complexity index is 1480. The minimum atomic E-state index is -0.889. The maximum absolute atomic E-state index is 10.4. The van der Waals surface area contributed by atoms with Crippen molar-refractivity contribution in [3.8, 4) is 11.1 Å². The molecule has 1 saturated carbocycles. The number of aromatic carboxylic acids is 1. The van der Waals surface area contributed by atoms with Gasteiger partial charge in [-0.05, 0) is 49.4 Å². The summed E-state index contributed by atoms with van der Waals surface area (Å²) in [5.41, 5.74) is 13.6. The Labute approximate surface area is 228 Å². The topological polar surface area (TPSA) is 118 Å². The third-order valence-corrected chi connectivity index (χ3v) is 6.95. The summed E-state index contributed by atoms with van der Waals surface area (Å²) in [6, 6.07) is 15.4. The van der Waals surface area contributed by atoms with Gasteiger partial charge >= 0.3 is 5.97 Å². The summed E-state index contributed by atoms with van der Waals surface area (Å²) in [4.78, 5) is 15.1. The van der Waals surface area contributed by atoms with Gasteiger partial charge in [0.05, 0.1) is 23.0 Å². The first kappa shape index (κ1) is 27.4. The Morgan fingerprint density at radius 2 is 1.79 bits per heavy atom. The molecule has 0 radical (unpaired) electrons. The van der Waals surface area contributed by atoms with Crippen molar-refractivity contribution in [2.45, 2.75) is 51.4 Å². The number of fused-ring (bicyclic) bond motifs is 1. The van der Waals surface area contributed by atoms with Crippen LogP contribution in [0.25, 0.3) is 16.8 Å². The third-order valence-electron chi connectivity index (χ3n) is 6.95. The number of amidine groups is 1. The monoisotopic (exact) mass is 522 g/mol. The fourth-order valence-electron chi connectivity index (χ4n) is 4.93. The highest BCUT2D eigenvalue weighted by molar-refractivity contribution is 6.02. The lowest BCUT2D eigenvalue weighted by Gasteiger charge is -2.25. The zero-order valence-corrected chi connectivity index (χ0v) is 22.3. The molecule has 8 heteroatoms. The van der Waals surface area contributed by atoms with Crippen molar-refractivity contribution in [1.82, 2.24) is 14.6 Å². The third kappa shape index (κ3) is 6.46. The number of allylic oxidation sites excluding steroid dienone is 1. The van der Waals surface area contributed by atoms with Crippen LogP contribution in [-0.4, -0.2) is 38.2 Å². The maximum atomic E-state index is 10.4. The molecule has 0 atom stereocenters. The second-order valence-corrected chi connectivity index (χ2v) is 9.67. The van der Waals surface area contributed by atoms with Gasteiger partial charge in [-0.15, -0.1) is 11.7 Å². The Kier molecular flexibility index (Phi) is 8.99. The van der Waals surface area contributed by atoms with Crippen LogP contribution < -0.4 is 5.73 Å². The summed E-state index contributed by atoms with van der Waals surface area (Å²) in [6.07, 6.45) is 12.4. The second kappa shape index (κ2) is 12.8. The fourth-order valence-corrected chi connectivity index (χ4v) is 4.93. The van der Waals surface area contributed by atoms with E-state index in [-0.39, 0.29) is 5.84 Å². The largest absolute Gasteiger partial charge is 0.478 e. The Morgan fingerprint density at radius 1 is 1.10 bits per heavy atom. The van der Waals surface area contributed by atoms with Crippen LogP contribution in [0.2, 0.25) is 0 Å². The smallest absolute Gasteiger partial charge is 0.335 e. The van der Waals surface area contributed by atoms with Gasteiger partial charge in [0, 0.05) is 24.4 Å². The molecule has 5 rings (SSSR count). The van der Waals surface area contributed by atoms with E-state index < -0.39 is 5.97 Å². The summed E-state index contributed by atoms with van der Waals surface area (Å²) in [6.45, 7) is 9.07. The number of nitrogens with two attached hydrogens (primary N) is 1. The van der Waals surface area contributed by atoms with Crippen LogP contribution in [0.5, 0.6) is 0 Å². The molecule has 1 aliphatic carbocycles. The van der Waals surface area contributed by atoms with E-state index in [1.165, 1.54) is 48.9 Å². The highest BCUT2D eigenvalue weighted by Gasteiger charge is 2.24. The summed E-state index contributed by atoms with van der Waals surface area (Å²) in [5.74, 6) is -0.144. The molecule has 0 bridgehead atoms. The first-order valence-electron chi connectivity index (χ1n) is 13.1. The van der Waals surface area contributed by atoms with Crippen LogP contribution in [0.3, 0.4) is 0 Å². The molecule has 200 valence electrons. The molecule has 2 aromatic carbocycles. The molecule has 39 heavy (non-hydrogen) atoms. The number of hydrogen-bond acceptors (Lipinski definition) is 5. The van der Waals surface area contributed by atoms with Gasteiger partial charge in [0.1, 0.15) is 0 Å². The van der Waals surface area contributed by atoms with Crippen LogP contribution in [0.15, 0.2) is 83.8 Å². The van der Waals surface area contributed by atoms with Crippen LogP contribution in [0, 0.1) is 6.92 Å². The van der Waals surface area contributed by atoms with Crippen molar-refractivity contribution < 1.29 is 9.90 Å². The first-order chi connectivity index (χ1) is 18.9. The molecule has 2 heterocycles. The molecule has 0 aliphatic heterocycles. The maximum Gasteiger partial charge on any atom is 0.335 e. The number of benzene rings is 2. The second-order valence-electron chi connectivity index (χ2n) is 9.67. The van der Waals surface area contributed by atoms with E-state index in [0.29, 0.717) is 17.0 Å². The lowest BCUT2D eigenvalue weighted by molar-refractivity contribution is 0.0697. The van der Waals surface area contributed by atoms with E-state index in [1.807, 2.05) is 10.7 Å². The van der Waals surface area contributed by atoms with E-state index in [1.54, 1.807) is 36.5 Å². The molecule has 1 aliphatic rings. The number of carboxylic acid groups (broad SMARTS) is 1. The summed E-state index contributed by atoms with van der Waals surface area (Å²) in [5, 5.41) is 20.6. The van der Waals surface area contributed by atoms with Gasteiger partial charge < -0.3 is 10.8 Å². The molecular formula is C31H34N6O2. The number of rotatable bonds is 7. The van der Waals surface area contributed by atoms with E-state index in [9.17, 15) is 4.79 Å². The predicted molar refractivity (Wildman–Crippen MR) is 157 cm³/mol. The van der Waals surface area contributed by atoms with Gasteiger partial charge in [-0.3, -0.25) is 0 Å². The lowest BCUT2D eigenvalue weighted by Crippen LogP contribution is -2.15. The fraction of sp³-hybridized carbons (Fsp3) is 0.258. The van der Waals surface area contributed by atoms with Crippen LogP contribution in [0.4, 0.5) is 0 Å². The number of aryl methyl sites for hydroxylation is 1. The van der Waals surface area contributed by atoms with Gasteiger partial charge in [0.2, 0.25) is 0 Å². The quantitative estimate of drug-likeness (QED) is 0.130. The molecule has 0 saturated heterocycles. The zero-order chi connectivity index (χ0) is 27.8. The molecule has 8 nitrogen and oxygen atoms in total. The molecule has 0 unspecified atom stereocenters. The average molecular weight is 523 g/mol. The average Bonchev–Trinajstić information content (AvgIpc) is 3.39. The van der Waals surface area contributed by atoms with Crippen LogP contribution >= 0.6 is 0 Å². The van der Waals surface area contributed by atoms with Gasteiger partial charge in [0.25, 0.3) is 0 Å². The van der Waals surface area contributed by atoms with E-state index in [2.05, 4.69) is 64.8 Å². The minimum Gasteiger partial charge on any atom is -0.478 e. The Morgan fingerprint density at radius 3 is 2.41 bits per heavy atom. The molecule has 3 N–H and O–H groups in total. The number of carbonyl (C=O) groups is 1. The SMILES string of the molecule is C=CCc1ccc(C(=O)O)cc1.C=N/N=C(\N)c1cnn2c(C3CCCCC3)c(-c3ccc(C)cc3)cnc12. The molecule has 4 aromatic rings. The van der Waals surface area contributed by atoms with Crippen LogP contribution in [-0.2, 0) is 6.42 Å². The van der Waals surface area contributed by atoms with Gasteiger partial charge in [0.15, 0.2) is 11.5 Å². The number of nitrogens with zero attached hydrogens (tertiary/aromatic N) is 5. The standard InChI is InChI=1S/C21H24N6.C10H10O2/c1-14-8-10-15(11-9-14)17-12-24-21-18(20(22)26-23-2)13-25-27(21)19(17)16-6-4-3-5-7-16;1-2-3-8-4-6-9(7-5-8)10(11)12/h8-13,16H,2-7H2,1H3,(H2,22,26);2,4-7H,1,3H2,(H,11,12). The molecular weight excluding hydrogens is 488 g/mol. The van der Waals surface area contributed by atoms with E-state index >= 15 is 0 Å². The zero-order valence-electron chi connectivity index (χ0n) is 22.3. The number of aromatic nitrogens is 3. The highest BCUT2D eigenvalue weighted by atomic mass is 16.4. The number of hydrogen-bond donors (Lipinski definition) is 2.